The second kappa shape index (κ2) is 4.86. The lowest BCUT2D eigenvalue weighted by Gasteiger charge is -2.24. The van der Waals surface area contributed by atoms with Gasteiger partial charge in [0.1, 0.15) is 5.82 Å². The van der Waals surface area contributed by atoms with Crippen molar-refractivity contribution in [2.75, 3.05) is 5.73 Å². The summed E-state index contributed by atoms with van der Waals surface area (Å²) in [5.74, 6) is -0.298. The maximum absolute atomic E-state index is 13.4. The van der Waals surface area contributed by atoms with Crippen LogP contribution in [0.5, 0.6) is 0 Å². The van der Waals surface area contributed by atoms with Gasteiger partial charge in [0, 0.05) is 16.6 Å². The molecule has 0 amide bonds. The average molecular weight is 336 g/mol. The van der Waals surface area contributed by atoms with Crippen molar-refractivity contribution >= 4 is 21.6 Å². The molecule has 1 aliphatic carbocycles. The van der Waals surface area contributed by atoms with Crippen LogP contribution in [-0.2, 0) is 18.4 Å². The molecule has 0 radical (unpaired) electrons. The highest BCUT2D eigenvalue weighted by Gasteiger charge is 2.36. The Morgan fingerprint density at radius 3 is 2.80 bits per heavy atom. The zero-order valence-corrected chi connectivity index (χ0v) is 12.5. The number of aryl methyl sites for hydroxylation is 1. The molecule has 2 nitrogen and oxygen atoms in total. The van der Waals surface area contributed by atoms with Crippen molar-refractivity contribution in [1.82, 2.24) is 0 Å². The lowest BCUT2D eigenvalue weighted by atomic mass is 9.88. The fourth-order valence-corrected chi connectivity index (χ4v) is 3.50. The Morgan fingerprint density at radius 1 is 1.25 bits per heavy atom. The largest absolute Gasteiger partial charge is 0.399 e. The van der Waals surface area contributed by atoms with E-state index in [2.05, 4.69) is 15.9 Å². The van der Waals surface area contributed by atoms with E-state index in [1.165, 1.54) is 12.1 Å². The van der Waals surface area contributed by atoms with Crippen LogP contribution in [0.1, 0.15) is 23.1 Å². The number of fused-ring (bicyclic) bond motifs is 1. The molecule has 1 aliphatic rings. The highest BCUT2D eigenvalue weighted by Crippen LogP contribution is 2.40. The molecule has 104 valence electrons. The van der Waals surface area contributed by atoms with Gasteiger partial charge in [-0.15, -0.1) is 0 Å². The maximum atomic E-state index is 13.4. The first-order valence-electron chi connectivity index (χ1n) is 6.52. The zero-order valence-electron chi connectivity index (χ0n) is 10.9. The summed E-state index contributed by atoms with van der Waals surface area (Å²) in [6.45, 7) is 0. The van der Waals surface area contributed by atoms with E-state index in [0.717, 1.165) is 23.1 Å². The monoisotopic (exact) mass is 335 g/mol. The van der Waals surface area contributed by atoms with Gasteiger partial charge in [-0.25, -0.2) is 4.39 Å². The minimum Gasteiger partial charge on any atom is -0.399 e. The molecule has 2 aromatic rings. The third kappa shape index (κ3) is 2.45. The number of aliphatic hydroxyl groups is 1. The molecule has 0 saturated carbocycles. The Morgan fingerprint density at radius 2 is 2.05 bits per heavy atom. The second-order valence-electron chi connectivity index (χ2n) is 5.40. The Labute approximate surface area is 125 Å². The summed E-state index contributed by atoms with van der Waals surface area (Å²) >= 11 is 3.28. The zero-order chi connectivity index (χ0) is 14.3. The van der Waals surface area contributed by atoms with Crippen LogP contribution in [0.3, 0.4) is 0 Å². The van der Waals surface area contributed by atoms with Gasteiger partial charge >= 0.3 is 0 Å². The molecular weight excluding hydrogens is 321 g/mol. The molecular formula is C16H15BrFNO. The molecule has 0 aromatic heterocycles. The summed E-state index contributed by atoms with van der Waals surface area (Å²) in [4.78, 5) is 0. The predicted molar refractivity (Wildman–Crippen MR) is 80.9 cm³/mol. The molecule has 0 heterocycles. The molecule has 2 aromatic carbocycles. The number of halogens is 2. The van der Waals surface area contributed by atoms with Crippen LogP contribution >= 0.6 is 15.9 Å². The van der Waals surface area contributed by atoms with Crippen LogP contribution in [0.25, 0.3) is 0 Å². The quantitative estimate of drug-likeness (QED) is 0.824. The third-order valence-electron chi connectivity index (χ3n) is 3.86. The van der Waals surface area contributed by atoms with E-state index >= 15 is 0 Å². The topological polar surface area (TPSA) is 46.2 Å². The summed E-state index contributed by atoms with van der Waals surface area (Å²) in [7, 11) is 0. The maximum Gasteiger partial charge on any atom is 0.124 e. The molecule has 3 N–H and O–H groups in total. The van der Waals surface area contributed by atoms with Crippen LogP contribution < -0.4 is 5.73 Å². The summed E-state index contributed by atoms with van der Waals surface area (Å²) in [5.41, 5.74) is 8.33. The minimum atomic E-state index is -0.934. The normalized spacial score (nSPS) is 20.9. The Bertz CT molecular complexity index is 653. The Kier molecular flexibility index (Phi) is 3.30. The number of hydrogen-bond acceptors (Lipinski definition) is 2. The van der Waals surface area contributed by atoms with Crippen molar-refractivity contribution < 1.29 is 9.50 Å². The standard InChI is InChI=1S/C16H15BrFNO/c17-12-5-10(6-13(18)8-12)9-16(20)4-3-11-7-14(19)1-2-15(11)16/h1-2,5-8,20H,3-4,9,19H2. The predicted octanol–water partition coefficient (Wildman–Crippen LogP) is 3.55. The smallest absolute Gasteiger partial charge is 0.124 e. The van der Waals surface area contributed by atoms with E-state index in [9.17, 15) is 9.50 Å². The van der Waals surface area contributed by atoms with Crippen molar-refractivity contribution in [3.05, 3.63) is 63.4 Å². The van der Waals surface area contributed by atoms with E-state index < -0.39 is 5.60 Å². The third-order valence-corrected chi connectivity index (χ3v) is 4.32. The summed E-state index contributed by atoms with van der Waals surface area (Å²) in [6, 6.07) is 10.3. The number of nitrogens with two attached hydrogens (primary N) is 1. The summed E-state index contributed by atoms with van der Waals surface area (Å²) in [6.07, 6.45) is 1.84. The molecule has 20 heavy (non-hydrogen) atoms. The van der Waals surface area contributed by atoms with Gasteiger partial charge < -0.3 is 10.8 Å². The van der Waals surface area contributed by atoms with Gasteiger partial charge in [-0.3, -0.25) is 0 Å². The van der Waals surface area contributed by atoms with Crippen LogP contribution in [0.15, 0.2) is 40.9 Å². The van der Waals surface area contributed by atoms with Gasteiger partial charge in [0.25, 0.3) is 0 Å². The van der Waals surface area contributed by atoms with E-state index in [0.29, 0.717) is 23.0 Å². The molecule has 3 rings (SSSR count). The van der Waals surface area contributed by atoms with Crippen LogP contribution in [0, 0.1) is 5.82 Å². The van der Waals surface area contributed by atoms with E-state index in [4.69, 9.17) is 5.73 Å². The molecule has 0 fully saturated rings. The fraction of sp³-hybridized carbons (Fsp3) is 0.250. The van der Waals surface area contributed by atoms with Crippen LogP contribution in [-0.4, -0.2) is 5.11 Å². The van der Waals surface area contributed by atoms with Crippen molar-refractivity contribution in [1.29, 1.82) is 0 Å². The number of rotatable bonds is 2. The fourth-order valence-electron chi connectivity index (χ4n) is 2.98. The number of benzene rings is 2. The average Bonchev–Trinajstić information content (AvgIpc) is 2.65. The minimum absolute atomic E-state index is 0.298. The second-order valence-corrected chi connectivity index (χ2v) is 6.32. The SMILES string of the molecule is Nc1ccc2c(c1)CCC2(O)Cc1cc(F)cc(Br)c1. The molecule has 1 atom stereocenters. The number of nitrogen functional groups attached to an aromatic ring is 1. The van der Waals surface area contributed by atoms with E-state index in [1.54, 1.807) is 6.07 Å². The molecule has 0 aliphatic heterocycles. The van der Waals surface area contributed by atoms with Gasteiger partial charge in [-0.2, -0.15) is 0 Å². The van der Waals surface area contributed by atoms with Gasteiger partial charge in [0.2, 0.25) is 0 Å². The molecule has 1 unspecified atom stereocenters. The first-order chi connectivity index (χ1) is 9.46. The van der Waals surface area contributed by atoms with Crippen molar-refractivity contribution in [2.24, 2.45) is 0 Å². The van der Waals surface area contributed by atoms with Crippen molar-refractivity contribution in [3.8, 4) is 0 Å². The van der Waals surface area contributed by atoms with E-state index in [-0.39, 0.29) is 5.82 Å². The molecule has 0 spiro atoms. The van der Waals surface area contributed by atoms with Crippen molar-refractivity contribution in [2.45, 2.75) is 24.9 Å². The first-order valence-corrected chi connectivity index (χ1v) is 7.32. The summed E-state index contributed by atoms with van der Waals surface area (Å²) < 4.78 is 14.1. The van der Waals surface area contributed by atoms with E-state index in [1.807, 2.05) is 18.2 Å². The van der Waals surface area contributed by atoms with Gasteiger partial charge in [-0.1, -0.05) is 22.0 Å². The lowest BCUT2D eigenvalue weighted by molar-refractivity contribution is 0.0389. The highest BCUT2D eigenvalue weighted by atomic mass is 79.9. The van der Waals surface area contributed by atoms with Crippen LogP contribution in [0.2, 0.25) is 0 Å². The van der Waals surface area contributed by atoms with Gasteiger partial charge in [-0.05, 0) is 59.9 Å². The first kappa shape index (κ1) is 13.6. The Hall–Kier alpha value is -1.39. The Balaban J connectivity index is 1.95. The number of hydrogen-bond donors (Lipinski definition) is 2. The molecule has 4 heteroatoms. The molecule has 0 saturated heterocycles. The van der Waals surface area contributed by atoms with Crippen LogP contribution in [0.4, 0.5) is 10.1 Å². The van der Waals surface area contributed by atoms with Gasteiger partial charge in [0.15, 0.2) is 0 Å². The molecule has 0 bridgehead atoms. The van der Waals surface area contributed by atoms with Gasteiger partial charge in [0.05, 0.1) is 5.60 Å². The number of anilines is 1. The van der Waals surface area contributed by atoms with Crippen molar-refractivity contribution in [3.63, 3.8) is 0 Å². The lowest BCUT2D eigenvalue weighted by Crippen LogP contribution is -2.25. The highest BCUT2D eigenvalue weighted by molar-refractivity contribution is 9.10. The summed E-state index contributed by atoms with van der Waals surface area (Å²) in [5, 5.41) is 10.9.